The number of carbonyl (C=O) groups excluding carboxylic acids is 2. The molecule has 1 aliphatic carbocycles. The van der Waals surface area contributed by atoms with Crippen LogP contribution in [0.3, 0.4) is 0 Å². The van der Waals surface area contributed by atoms with E-state index < -0.39 is 60.4 Å². The number of ether oxygens (including phenoxy) is 3. The highest BCUT2D eigenvalue weighted by molar-refractivity contribution is 5.91. The maximum Gasteiger partial charge on any atom is 0.348 e. The number of carbonyl (C=O) groups is 3. The van der Waals surface area contributed by atoms with E-state index in [0.717, 1.165) is 12.2 Å². The van der Waals surface area contributed by atoms with Gasteiger partial charge in [0.1, 0.15) is 12.2 Å². The first-order valence-corrected chi connectivity index (χ1v) is 11.2. The van der Waals surface area contributed by atoms with Crippen molar-refractivity contribution in [3.05, 3.63) is 59.7 Å². The zero-order valence-electron chi connectivity index (χ0n) is 20.1. The molecule has 1 saturated carbocycles. The Morgan fingerprint density at radius 3 is 2.08 bits per heavy atom. The number of carboxylic acids is 1. The SMILES string of the molecule is COc1cc(/C=C/C(=O)O[C@@]2(C(=O)O)C[C@@H](O)[C@@H](O)[C@H](OC(=O)/C=C/c3ccc(O)c(O)c3)C2)ccc1O. The summed E-state index contributed by atoms with van der Waals surface area (Å²) in [4.78, 5) is 36.9. The van der Waals surface area contributed by atoms with Gasteiger partial charge in [-0.2, -0.15) is 0 Å². The Balaban J connectivity index is 1.73. The van der Waals surface area contributed by atoms with Crippen molar-refractivity contribution in [3.63, 3.8) is 0 Å². The van der Waals surface area contributed by atoms with Crippen molar-refractivity contribution in [2.24, 2.45) is 0 Å². The molecule has 0 aliphatic heterocycles. The van der Waals surface area contributed by atoms with Crippen LogP contribution in [-0.2, 0) is 23.9 Å². The van der Waals surface area contributed by atoms with Gasteiger partial charge in [-0.25, -0.2) is 14.4 Å². The molecule has 2 aromatic carbocycles. The number of carboxylic acid groups (broad SMARTS) is 1. The first-order chi connectivity index (χ1) is 17.9. The molecule has 0 bridgehead atoms. The zero-order chi connectivity index (χ0) is 28.0. The molecule has 0 aromatic heterocycles. The maximum absolute atomic E-state index is 12.5. The molecule has 0 unspecified atom stereocenters. The van der Waals surface area contributed by atoms with Crippen LogP contribution in [0, 0.1) is 0 Å². The number of aliphatic hydroxyl groups excluding tert-OH is 2. The molecule has 2 aromatic rings. The first-order valence-electron chi connectivity index (χ1n) is 11.2. The fraction of sp³-hybridized carbons (Fsp3) is 0.269. The van der Waals surface area contributed by atoms with Gasteiger partial charge in [0, 0.05) is 25.0 Å². The van der Waals surface area contributed by atoms with Crippen molar-refractivity contribution in [1.82, 2.24) is 0 Å². The van der Waals surface area contributed by atoms with E-state index in [2.05, 4.69) is 0 Å². The predicted molar refractivity (Wildman–Crippen MR) is 130 cm³/mol. The van der Waals surface area contributed by atoms with Crippen LogP contribution in [0.4, 0.5) is 0 Å². The molecule has 0 amide bonds. The number of rotatable bonds is 8. The van der Waals surface area contributed by atoms with Gasteiger partial charge in [0.25, 0.3) is 0 Å². The van der Waals surface area contributed by atoms with Crippen molar-refractivity contribution in [2.45, 2.75) is 36.8 Å². The summed E-state index contributed by atoms with van der Waals surface area (Å²) in [6.45, 7) is 0. The second-order valence-corrected chi connectivity index (χ2v) is 8.51. The number of phenols is 3. The van der Waals surface area contributed by atoms with Gasteiger partial charge in [-0.3, -0.25) is 0 Å². The van der Waals surface area contributed by atoms with E-state index in [9.17, 15) is 45.0 Å². The van der Waals surface area contributed by atoms with Crippen LogP contribution in [0.1, 0.15) is 24.0 Å². The Hall–Kier alpha value is -4.55. The third-order valence-corrected chi connectivity index (χ3v) is 5.83. The third-order valence-electron chi connectivity index (χ3n) is 5.83. The van der Waals surface area contributed by atoms with Gasteiger partial charge < -0.3 is 44.8 Å². The number of aromatic hydroxyl groups is 3. The standard InChI is InChI=1S/C26H26O12/c1-36-20-11-15(3-7-17(20)28)5-9-23(32)38-26(25(34)35)12-19(30)24(33)21(13-26)37-22(31)8-4-14-2-6-16(27)18(29)10-14/h2-11,19,21,24,27-30,33H,12-13H2,1H3,(H,34,35)/b8-4+,9-5+/t19-,21-,24-,26+/m1/s1. The smallest absolute Gasteiger partial charge is 0.348 e. The van der Waals surface area contributed by atoms with Gasteiger partial charge in [-0.15, -0.1) is 0 Å². The minimum Gasteiger partial charge on any atom is -0.504 e. The summed E-state index contributed by atoms with van der Waals surface area (Å²) in [5, 5.41) is 59.0. The highest BCUT2D eigenvalue weighted by atomic mass is 16.6. The van der Waals surface area contributed by atoms with Crippen LogP contribution in [-0.4, -0.2) is 79.6 Å². The van der Waals surface area contributed by atoms with Crippen molar-refractivity contribution in [2.75, 3.05) is 7.11 Å². The monoisotopic (exact) mass is 530 g/mol. The summed E-state index contributed by atoms with van der Waals surface area (Å²) in [6, 6.07) is 8.00. The molecular weight excluding hydrogens is 504 g/mol. The molecule has 6 N–H and O–H groups in total. The molecule has 12 heteroatoms. The molecule has 0 spiro atoms. The molecule has 1 fully saturated rings. The van der Waals surface area contributed by atoms with Crippen LogP contribution < -0.4 is 4.74 Å². The number of hydrogen-bond acceptors (Lipinski definition) is 11. The van der Waals surface area contributed by atoms with Gasteiger partial charge in [-0.05, 0) is 47.5 Å². The van der Waals surface area contributed by atoms with E-state index in [4.69, 9.17) is 14.2 Å². The molecule has 202 valence electrons. The second kappa shape index (κ2) is 11.7. The topological polar surface area (TPSA) is 200 Å². The summed E-state index contributed by atoms with van der Waals surface area (Å²) in [7, 11) is 1.34. The minimum absolute atomic E-state index is 0.122. The van der Waals surface area contributed by atoms with Gasteiger partial charge in [0.15, 0.2) is 23.0 Å². The first kappa shape index (κ1) is 28.0. The summed E-state index contributed by atoms with van der Waals surface area (Å²) in [6.07, 6.45) is -1.81. The maximum atomic E-state index is 12.5. The lowest BCUT2D eigenvalue weighted by Gasteiger charge is -2.41. The minimum atomic E-state index is -2.32. The fourth-order valence-electron chi connectivity index (χ4n) is 3.83. The van der Waals surface area contributed by atoms with Crippen molar-refractivity contribution >= 4 is 30.1 Å². The van der Waals surface area contributed by atoms with Crippen LogP contribution in [0.2, 0.25) is 0 Å². The van der Waals surface area contributed by atoms with E-state index >= 15 is 0 Å². The number of hydrogen-bond donors (Lipinski definition) is 6. The summed E-state index contributed by atoms with van der Waals surface area (Å²) >= 11 is 0. The third kappa shape index (κ3) is 6.60. The van der Waals surface area contributed by atoms with Gasteiger partial charge in [0.2, 0.25) is 5.60 Å². The molecule has 4 atom stereocenters. The molecule has 0 radical (unpaired) electrons. The van der Waals surface area contributed by atoms with E-state index in [1.165, 1.54) is 55.7 Å². The van der Waals surface area contributed by atoms with Gasteiger partial charge in [0.05, 0.1) is 13.2 Å². The normalized spacial score (nSPS) is 23.3. The summed E-state index contributed by atoms with van der Waals surface area (Å²) in [5.41, 5.74) is -1.56. The molecule has 0 heterocycles. The van der Waals surface area contributed by atoms with E-state index in [1.807, 2.05) is 0 Å². The fourth-order valence-corrected chi connectivity index (χ4v) is 3.83. The van der Waals surface area contributed by atoms with Crippen LogP contribution >= 0.6 is 0 Å². The Kier molecular flexibility index (Phi) is 8.61. The number of esters is 2. The molecule has 0 saturated heterocycles. The molecule has 12 nitrogen and oxygen atoms in total. The zero-order valence-corrected chi connectivity index (χ0v) is 20.1. The lowest BCUT2D eigenvalue weighted by Crippen LogP contribution is -2.58. The number of phenolic OH excluding ortho intramolecular Hbond substituents is 3. The second-order valence-electron chi connectivity index (χ2n) is 8.51. The summed E-state index contributed by atoms with van der Waals surface area (Å²) in [5.74, 6) is -4.47. The molecule has 3 rings (SSSR count). The lowest BCUT2D eigenvalue weighted by atomic mass is 9.79. The number of aliphatic hydroxyl groups is 2. The van der Waals surface area contributed by atoms with Crippen molar-refractivity contribution < 1.29 is 59.2 Å². The quantitative estimate of drug-likeness (QED) is 0.163. The van der Waals surface area contributed by atoms with Gasteiger partial charge >= 0.3 is 17.9 Å². The van der Waals surface area contributed by atoms with Crippen LogP contribution in [0.5, 0.6) is 23.0 Å². The Bertz CT molecular complexity index is 1270. The van der Waals surface area contributed by atoms with E-state index in [1.54, 1.807) is 0 Å². The summed E-state index contributed by atoms with van der Waals surface area (Å²) < 4.78 is 15.3. The Morgan fingerprint density at radius 2 is 1.47 bits per heavy atom. The Labute approximate surface area is 216 Å². The number of benzene rings is 2. The lowest BCUT2D eigenvalue weighted by molar-refractivity contribution is -0.207. The highest BCUT2D eigenvalue weighted by Gasteiger charge is 2.54. The van der Waals surface area contributed by atoms with Crippen molar-refractivity contribution in [1.29, 1.82) is 0 Å². The van der Waals surface area contributed by atoms with E-state index in [-0.39, 0.29) is 17.2 Å². The van der Waals surface area contributed by atoms with Gasteiger partial charge in [-0.1, -0.05) is 12.1 Å². The highest BCUT2D eigenvalue weighted by Crippen LogP contribution is 2.35. The van der Waals surface area contributed by atoms with Crippen LogP contribution in [0.15, 0.2) is 48.6 Å². The average Bonchev–Trinajstić information content (AvgIpc) is 2.87. The van der Waals surface area contributed by atoms with Crippen molar-refractivity contribution in [3.8, 4) is 23.0 Å². The molecule has 38 heavy (non-hydrogen) atoms. The number of aliphatic carboxylic acids is 1. The van der Waals surface area contributed by atoms with Crippen LogP contribution in [0.25, 0.3) is 12.2 Å². The van der Waals surface area contributed by atoms with E-state index in [0.29, 0.717) is 11.1 Å². The Morgan fingerprint density at radius 1 is 0.868 bits per heavy atom. The number of methoxy groups -OCH3 is 1. The molecule has 1 aliphatic rings. The molecular formula is C26H26O12. The average molecular weight is 530 g/mol. The predicted octanol–water partition coefficient (Wildman–Crippen LogP) is 1.33. The largest absolute Gasteiger partial charge is 0.504 e.